The molecule has 18 nitrogen and oxygen atoms in total. The Hall–Kier alpha value is -6.04. The highest BCUT2D eigenvalue weighted by Gasteiger charge is 2.35. The fourth-order valence-corrected chi connectivity index (χ4v) is 5.58. The molecule has 18 heteroatoms. The number of hydrogen-bond donors (Lipinski definition) is 0. The molecule has 0 N–H and O–H groups in total. The molecule has 1 atom stereocenters. The van der Waals surface area contributed by atoms with E-state index >= 15 is 0 Å². The summed E-state index contributed by atoms with van der Waals surface area (Å²) in [6.07, 6.45) is 3.57. The Morgan fingerprint density at radius 3 is 1.95 bits per heavy atom. The smallest absolute Gasteiger partial charge is 0.443 e. The van der Waals surface area contributed by atoms with Crippen molar-refractivity contribution >= 4 is 53.1 Å². The van der Waals surface area contributed by atoms with E-state index in [1.54, 1.807) is 118 Å². The molecule has 1 saturated heterocycles. The van der Waals surface area contributed by atoms with Gasteiger partial charge in [-0.3, -0.25) is 4.98 Å². The molecule has 1 aliphatic rings. The zero-order valence-corrected chi connectivity index (χ0v) is 35.8. The predicted octanol–water partition coefficient (Wildman–Crippen LogP) is 8.09. The van der Waals surface area contributed by atoms with E-state index in [0.29, 0.717) is 35.9 Å². The van der Waals surface area contributed by atoms with Crippen LogP contribution in [0.25, 0.3) is 17.0 Å². The van der Waals surface area contributed by atoms with Gasteiger partial charge in [-0.15, -0.1) is 0 Å². The zero-order chi connectivity index (χ0) is 43.5. The number of imide groups is 1. The number of imidazole rings is 1. The Bertz CT molecular complexity index is 2120. The minimum Gasteiger partial charge on any atom is -0.443 e. The largest absolute Gasteiger partial charge is 0.508 e. The van der Waals surface area contributed by atoms with Crippen LogP contribution in [-0.2, 0) is 28.4 Å². The number of fused-ring (bicyclic) bond motifs is 1. The minimum absolute atomic E-state index is 0.0194. The van der Waals surface area contributed by atoms with Crippen LogP contribution in [-0.4, -0.2) is 104 Å². The van der Waals surface area contributed by atoms with Gasteiger partial charge in [0.1, 0.15) is 46.5 Å². The first-order valence-electron chi connectivity index (χ1n) is 19.1. The molecule has 0 spiro atoms. The number of hydrogen-bond acceptors (Lipinski definition) is 15. The molecule has 1 aliphatic heterocycles. The second-order valence-electron chi connectivity index (χ2n) is 17.7. The zero-order valence-electron chi connectivity index (χ0n) is 35.8. The highest BCUT2D eigenvalue weighted by Crippen LogP contribution is 2.33. The Kier molecular flexibility index (Phi) is 12.7. The van der Waals surface area contributed by atoms with E-state index in [9.17, 15) is 19.2 Å². The summed E-state index contributed by atoms with van der Waals surface area (Å²) >= 11 is 0. The van der Waals surface area contributed by atoms with Gasteiger partial charge in [0.25, 0.3) is 0 Å². The van der Waals surface area contributed by atoms with Crippen molar-refractivity contribution < 1.29 is 47.6 Å². The van der Waals surface area contributed by atoms with Crippen molar-refractivity contribution in [3.63, 3.8) is 0 Å². The van der Waals surface area contributed by atoms with E-state index in [1.165, 1.54) is 17.3 Å². The topological polar surface area (TPSA) is 189 Å². The maximum absolute atomic E-state index is 14.1. The van der Waals surface area contributed by atoms with Crippen molar-refractivity contribution in [2.24, 2.45) is 0 Å². The highest BCUT2D eigenvalue weighted by atomic mass is 16.7. The number of rotatable bonds is 7. The lowest BCUT2D eigenvalue weighted by molar-refractivity contribution is -0.0447. The number of ether oxygens (including phenoxy) is 6. The highest BCUT2D eigenvalue weighted by molar-refractivity contribution is 6.08. The molecular weight excluding hydrogens is 764 g/mol. The fraction of sp³-hybridized carbons (Fsp3) is 0.512. The lowest BCUT2D eigenvalue weighted by Crippen LogP contribution is -2.45. The van der Waals surface area contributed by atoms with Gasteiger partial charge in [-0.1, -0.05) is 0 Å². The average Bonchev–Trinajstić information content (AvgIpc) is 3.58. The van der Waals surface area contributed by atoms with Crippen LogP contribution < -0.4 is 14.7 Å². The number of morpholine rings is 1. The lowest BCUT2D eigenvalue weighted by Gasteiger charge is -2.34. The van der Waals surface area contributed by atoms with Gasteiger partial charge in [0.15, 0.2) is 17.3 Å². The summed E-state index contributed by atoms with van der Waals surface area (Å²) in [6, 6.07) is 7.23. The molecule has 0 aliphatic carbocycles. The molecule has 0 radical (unpaired) electrons. The minimum atomic E-state index is -1.02. The van der Waals surface area contributed by atoms with Gasteiger partial charge in [0.05, 0.1) is 24.7 Å². The van der Waals surface area contributed by atoms with Gasteiger partial charge in [0.2, 0.25) is 0 Å². The van der Waals surface area contributed by atoms with Crippen LogP contribution in [0.5, 0.6) is 0 Å². The summed E-state index contributed by atoms with van der Waals surface area (Å²) < 4.78 is 35.0. The molecule has 0 unspecified atom stereocenters. The summed E-state index contributed by atoms with van der Waals surface area (Å²) in [5.74, 6) is -0.0787. The number of amides is 3. The first-order valence-corrected chi connectivity index (χ1v) is 19.1. The van der Waals surface area contributed by atoms with Crippen molar-refractivity contribution in [1.29, 1.82) is 0 Å². The molecule has 0 bridgehead atoms. The first-order chi connectivity index (χ1) is 27.4. The van der Waals surface area contributed by atoms with Crippen LogP contribution in [0, 0.1) is 0 Å². The molecule has 318 valence electrons. The molecule has 1 aromatic carbocycles. The third kappa shape index (κ3) is 12.2. The SMILES string of the molecule is CC(C)(C)OC(=O)OC[C@H]1CN(c2ccc(N(C(=O)OC(C)(C)C)c3nc(-c4cncc(N(C(=O)OC(C)(C)C)C(=O)OC(C)(C)C)n4)cn4ccnc34)cc2)CCO1. The van der Waals surface area contributed by atoms with Gasteiger partial charge >= 0.3 is 24.4 Å². The number of aromatic nitrogens is 5. The average molecular weight is 819 g/mol. The van der Waals surface area contributed by atoms with Crippen molar-refractivity contribution in [3.8, 4) is 11.4 Å². The van der Waals surface area contributed by atoms with E-state index in [1.807, 2.05) is 12.1 Å². The Morgan fingerprint density at radius 2 is 1.36 bits per heavy atom. The fourth-order valence-electron chi connectivity index (χ4n) is 5.58. The number of anilines is 4. The van der Waals surface area contributed by atoms with E-state index in [2.05, 4.69) is 19.9 Å². The first kappa shape index (κ1) is 44.1. The Morgan fingerprint density at radius 1 is 0.763 bits per heavy atom. The van der Waals surface area contributed by atoms with Gasteiger partial charge < -0.3 is 37.7 Å². The second-order valence-corrected chi connectivity index (χ2v) is 17.7. The maximum Gasteiger partial charge on any atom is 0.508 e. The summed E-state index contributed by atoms with van der Waals surface area (Å²) in [4.78, 5) is 75.5. The monoisotopic (exact) mass is 818 g/mol. The van der Waals surface area contributed by atoms with Crippen LogP contribution in [0.4, 0.5) is 42.2 Å². The van der Waals surface area contributed by atoms with Gasteiger partial charge in [0, 0.05) is 37.4 Å². The Balaban J connectivity index is 1.51. The van der Waals surface area contributed by atoms with Gasteiger partial charge in [-0.2, -0.15) is 4.90 Å². The van der Waals surface area contributed by atoms with Gasteiger partial charge in [-0.05, 0) is 107 Å². The lowest BCUT2D eigenvalue weighted by atomic mass is 10.2. The molecule has 4 heterocycles. The third-order valence-electron chi connectivity index (χ3n) is 7.80. The molecule has 0 saturated carbocycles. The van der Waals surface area contributed by atoms with Crippen LogP contribution in [0.3, 0.4) is 0 Å². The number of carbonyl (C=O) groups excluding carboxylic acids is 4. The van der Waals surface area contributed by atoms with E-state index < -0.39 is 52.9 Å². The van der Waals surface area contributed by atoms with Gasteiger partial charge in [-0.25, -0.2) is 39.0 Å². The maximum atomic E-state index is 14.1. The molecule has 4 aromatic rings. The van der Waals surface area contributed by atoms with Crippen LogP contribution >= 0.6 is 0 Å². The van der Waals surface area contributed by atoms with Crippen LogP contribution in [0.15, 0.2) is 55.2 Å². The van der Waals surface area contributed by atoms with Crippen LogP contribution in [0.2, 0.25) is 0 Å². The molecule has 1 fully saturated rings. The number of carbonyl (C=O) groups is 4. The van der Waals surface area contributed by atoms with E-state index in [4.69, 9.17) is 33.4 Å². The number of nitrogens with zero attached hydrogens (tertiary/aromatic N) is 8. The standard InChI is InChI=1S/C41H54N8O10/c1-38(2,3)56-34(50)48(27-15-13-26(14-16-27)46-19-20-54-28(23-46)25-55-37(53)59-41(10,11)12)33-32-43-17-18-47(32)24-30(45-33)29-21-42-22-31(44-29)49(35(51)57-39(4,5)6)36(52)58-40(7,8)9/h13-18,21-22,24,28H,19-20,23,25H2,1-12H3/t28-/m1/s1. The van der Waals surface area contributed by atoms with E-state index in [0.717, 1.165) is 5.69 Å². The summed E-state index contributed by atoms with van der Waals surface area (Å²) in [5.41, 5.74) is -1.53. The van der Waals surface area contributed by atoms with E-state index in [-0.39, 0.29) is 29.6 Å². The predicted molar refractivity (Wildman–Crippen MR) is 218 cm³/mol. The number of benzene rings is 1. The molecule has 3 amide bonds. The van der Waals surface area contributed by atoms with Crippen molar-refractivity contribution in [3.05, 3.63) is 55.2 Å². The molecule has 59 heavy (non-hydrogen) atoms. The molecular formula is C41H54N8O10. The summed E-state index contributed by atoms with van der Waals surface area (Å²) in [6.45, 7) is 22.0. The molecule has 3 aromatic heterocycles. The summed E-state index contributed by atoms with van der Waals surface area (Å²) in [7, 11) is 0. The second kappa shape index (κ2) is 17.1. The third-order valence-corrected chi connectivity index (χ3v) is 7.80. The summed E-state index contributed by atoms with van der Waals surface area (Å²) in [5, 5.41) is 0. The quantitative estimate of drug-likeness (QED) is 0.128. The Labute approximate surface area is 343 Å². The van der Waals surface area contributed by atoms with Crippen molar-refractivity contribution in [1.82, 2.24) is 24.3 Å². The van der Waals surface area contributed by atoms with Crippen molar-refractivity contribution in [2.45, 2.75) is 112 Å². The van der Waals surface area contributed by atoms with Crippen molar-refractivity contribution in [2.75, 3.05) is 41.0 Å². The molecule has 5 rings (SSSR count). The van der Waals surface area contributed by atoms with Crippen LogP contribution in [0.1, 0.15) is 83.1 Å². The normalized spacial score (nSPS) is 15.0.